The molecule has 1 heterocycles. The van der Waals surface area contributed by atoms with Crippen molar-refractivity contribution < 1.29 is 4.52 Å². The smallest absolute Gasteiger partial charge is 0.257 e. The highest BCUT2D eigenvalue weighted by molar-refractivity contribution is 5.57. The molecule has 0 saturated carbocycles. The highest BCUT2D eigenvalue weighted by Crippen LogP contribution is 2.36. The maximum Gasteiger partial charge on any atom is 0.257 e. The molecule has 2 rings (SSSR count). The van der Waals surface area contributed by atoms with Crippen molar-refractivity contribution in [3.8, 4) is 11.5 Å². The first kappa shape index (κ1) is 14.8. The van der Waals surface area contributed by atoms with Crippen LogP contribution in [0.15, 0.2) is 22.7 Å². The Hall–Kier alpha value is -1.64. The van der Waals surface area contributed by atoms with Crippen LogP contribution in [0.1, 0.15) is 58.5 Å². The van der Waals surface area contributed by atoms with Crippen molar-refractivity contribution in [1.29, 1.82) is 0 Å². The third-order valence-corrected chi connectivity index (χ3v) is 3.41. The normalized spacial score (nSPS) is 12.8. The summed E-state index contributed by atoms with van der Waals surface area (Å²) in [5.74, 6) is 1.26. The quantitative estimate of drug-likeness (QED) is 0.759. The molecule has 1 aromatic heterocycles. The van der Waals surface area contributed by atoms with E-state index in [1.165, 1.54) is 11.1 Å². The van der Waals surface area contributed by atoms with Gasteiger partial charge in [0.25, 0.3) is 5.89 Å². The van der Waals surface area contributed by atoms with Gasteiger partial charge >= 0.3 is 0 Å². The summed E-state index contributed by atoms with van der Waals surface area (Å²) in [5.41, 5.74) is 3.88. The highest BCUT2D eigenvalue weighted by Gasteiger charge is 2.26. The minimum absolute atomic E-state index is 0.0771. The molecule has 2 aromatic rings. The van der Waals surface area contributed by atoms with Gasteiger partial charge in [0.15, 0.2) is 5.82 Å². The largest absolute Gasteiger partial charge is 0.334 e. The molecule has 0 aliphatic heterocycles. The van der Waals surface area contributed by atoms with Crippen molar-refractivity contribution in [2.45, 2.75) is 59.3 Å². The van der Waals surface area contributed by atoms with Gasteiger partial charge in [-0.15, -0.1) is 0 Å². The minimum atomic E-state index is 0.0771. The van der Waals surface area contributed by atoms with Crippen molar-refractivity contribution in [3.05, 3.63) is 35.2 Å². The van der Waals surface area contributed by atoms with Crippen LogP contribution in [0, 0.1) is 6.92 Å². The van der Waals surface area contributed by atoms with Gasteiger partial charge in [-0.1, -0.05) is 52.8 Å². The van der Waals surface area contributed by atoms with Gasteiger partial charge in [-0.2, -0.15) is 4.98 Å². The van der Waals surface area contributed by atoms with E-state index in [0.29, 0.717) is 11.7 Å². The van der Waals surface area contributed by atoms with E-state index in [1.54, 1.807) is 0 Å². The number of hydrogen-bond donors (Lipinski definition) is 0. The summed E-state index contributed by atoms with van der Waals surface area (Å²) < 4.78 is 5.28. The fraction of sp³-hybridized carbons (Fsp3) is 0.529. The molecule has 0 aliphatic rings. The topological polar surface area (TPSA) is 38.9 Å². The molecule has 1 aromatic carbocycles. The lowest BCUT2D eigenvalue weighted by molar-refractivity contribution is 0.425. The van der Waals surface area contributed by atoms with Crippen molar-refractivity contribution in [1.82, 2.24) is 10.1 Å². The number of benzene rings is 1. The van der Waals surface area contributed by atoms with E-state index in [0.717, 1.165) is 5.56 Å². The predicted molar refractivity (Wildman–Crippen MR) is 81.9 cm³/mol. The first-order chi connectivity index (χ1) is 9.09. The molecule has 0 atom stereocenters. The van der Waals surface area contributed by atoms with E-state index in [2.05, 4.69) is 69.9 Å². The zero-order chi connectivity index (χ0) is 15.1. The average molecular weight is 272 g/mol. The standard InChI is InChI=1S/C17H24N2O/c1-11-18-15(20-19-11)12-8-9-13(16(2,3)4)14(10-12)17(5,6)7/h8-10H,1-7H3. The van der Waals surface area contributed by atoms with Crippen LogP contribution < -0.4 is 0 Å². The summed E-state index contributed by atoms with van der Waals surface area (Å²) in [6, 6.07) is 6.45. The monoisotopic (exact) mass is 272 g/mol. The Kier molecular flexibility index (Phi) is 3.49. The van der Waals surface area contributed by atoms with E-state index in [9.17, 15) is 0 Å². The van der Waals surface area contributed by atoms with Gasteiger partial charge in [0, 0.05) is 5.56 Å². The second kappa shape index (κ2) is 4.72. The lowest BCUT2D eigenvalue weighted by Gasteiger charge is -2.30. The zero-order valence-corrected chi connectivity index (χ0v) is 13.5. The van der Waals surface area contributed by atoms with Crippen LogP contribution in [0.25, 0.3) is 11.5 Å². The maximum atomic E-state index is 5.28. The van der Waals surface area contributed by atoms with E-state index in [4.69, 9.17) is 4.52 Å². The summed E-state index contributed by atoms with van der Waals surface area (Å²) in [7, 11) is 0. The molecule has 0 radical (unpaired) electrons. The fourth-order valence-corrected chi connectivity index (χ4v) is 2.37. The van der Waals surface area contributed by atoms with Crippen LogP contribution >= 0.6 is 0 Å². The number of aryl methyl sites for hydroxylation is 1. The van der Waals surface area contributed by atoms with Gasteiger partial charge in [-0.25, -0.2) is 0 Å². The average Bonchev–Trinajstić information content (AvgIpc) is 2.73. The molecule has 0 saturated heterocycles. The second-order valence-corrected chi connectivity index (χ2v) is 7.41. The molecular weight excluding hydrogens is 248 g/mol. The summed E-state index contributed by atoms with van der Waals surface area (Å²) in [6.45, 7) is 15.3. The Bertz CT molecular complexity index is 613. The number of nitrogens with zero attached hydrogens (tertiary/aromatic N) is 2. The Morgan fingerprint density at radius 3 is 1.95 bits per heavy atom. The van der Waals surface area contributed by atoms with Crippen LogP contribution in [0.4, 0.5) is 0 Å². The van der Waals surface area contributed by atoms with Crippen molar-refractivity contribution >= 4 is 0 Å². The van der Waals surface area contributed by atoms with Crippen LogP contribution in [-0.4, -0.2) is 10.1 Å². The van der Waals surface area contributed by atoms with Crippen molar-refractivity contribution in [2.24, 2.45) is 0 Å². The lowest BCUT2D eigenvalue weighted by Crippen LogP contribution is -2.21. The van der Waals surface area contributed by atoms with E-state index < -0.39 is 0 Å². The number of rotatable bonds is 1. The van der Waals surface area contributed by atoms with Gasteiger partial charge in [0.2, 0.25) is 0 Å². The van der Waals surface area contributed by atoms with Crippen LogP contribution in [0.2, 0.25) is 0 Å². The second-order valence-electron chi connectivity index (χ2n) is 7.41. The lowest BCUT2D eigenvalue weighted by atomic mass is 9.74. The van der Waals surface area contributed by atoms with E-state index in [1.807, 2.05) is 6.92 Å². The van der Waals surface area contributed by atoms with E-state index >= 15 is 0 Å². The maximum absolute atomic E-state index is 5.28. The molecule has 108 valence electrons. The first-order valence-electron chi connectivity index (χ1n) is 7.05. The Balaban J connectivity index is 2.61. The van der Waals surface area contributed by atoms with Gasteiger partial charge in [0.1, 0.15) is 0 Å². The Morgan fingerprint density at radius 1 is 0.900 bits per heavy atom. The van der Waals surface area contributed by atoms with Crippen LogP contribution in [0.5, 0.6) is 0 Å². The Labute approximate surface area is 121 Å². The summed E-state index contributed by atoms with van der Waals surface area (Å²) in [4.78, 5) is 4.32. The van der Waals surface area contributed by atoms with Crippen LogP contribution in [0.3, 0.4) is 0 Å². The van der Waals surface area contributed by atoms with Crippen molar-refractivity contribution in [2.75, 3.05) is 0 Å². The zero-order valence-electron chi connectivity index (χ0n) is 13.5. The summed E-state index contributed by atoms with van der Waals surface area (Å²) in [6.07, 6.45) is 0. The first-order valence-corrected chi connectivity index (χ1v) is 7.05. The molecule has 3 nitrogen and oxygen atoms in total. The van der Waals surface area contributed by atoms with Gasteiger partial charge in [0.05, 0.1) is 0 Å². The SMILES string of the molecule is Cc1noc(-c2ccc(C(C)(C)C)c(C(C)(C)C)c2)n1. The van der Waals surface area contributed by atoms with E-state index in [-0.39, 0.29) is 10.8 Å². The summed E-state index contributed by atoms with van der Waals surface area (Å²) >= 11 is 0. The third-order valence-electron chi connectivity index (χ3n) is 3.41. The van der Waals surface area contributed by atoms with Crippen molar-refractivity contribution in [3.63, 3.8) is 0 Å². The molecule has 0 unspecified atom stereocenters. The molecule has 20 heavy (non-hydrogen) atoms. The fourth-order valence-electron chi connectivity index (χ4n) is 2.37. The van der Waals surface area contributed by atoms with Gasteiger partial charge in [-0.05, 0) is 41.0 Å². The summed E-state index contributed by atoms with van der Waals surface area (Å²) in [5, 5.41) is 3.87. The van der Waals surface area contributed by atoms with Crippen LogP contribution in [-0.2, 0) is 10.8 Å². The van der Waals surface area contributed by atoms with Gasteiger partial charge in [-0.3, -0.25) is 0 Å². The van der Waals surface area contributed by atoms with Gasteiger partial charge < -0.3 is 4.52 Å². The number of aromatic nitrogens is 2. The molecule has 0 fully saturated rings. The molecule has 0 amide bonds. The third kappa shape index (κ3) is 2.92. The minimum Gasteiger partial charge on any atom is -0.334 e. The molecule has 3 heteroatoms. The highest BCUT2D eigenvalue weighted by atomic mass is 16.5. The predicted octanol–water partition coefficient (Wildman–Crippen LogP) is 4.64. The molecular formula is C17H24N2O. The number of hydrogen-bond acceptors (Lipinski definition) is 3. The molecule has 0 N–H and O–H groups in total. The Morgan fingerprint density at radius 2 is 1.50 bits per heavy atom. The molecule has 0 spiro atoms. The molecule has 0 bridgehead atoms. The molecule has 0 aliphatic carbocycles.